The third-order valence-corrected chi connectivity index (χ3v) is 17.9. The van der Waals surface area contributed by atoms with E-state index in [0.29, 0.717) is 57.9 Å². The molecule has 0 amide bonds. The Morgan fingerprint density at radius 2 is 0.977 bits per heavy atom. The van der Waals surface area contributed by atoms with Gasteiger partial charge >= 0.3 is 0 Å². The van der Waals surface area contributed by atoms with Crippen LogP contribution in [0.25, 0.3) is 32.7 Å². The third kappa shape index (κ3) is 18.8. The van der Waals surface area contributed by atoms with Crippen molar-refractivity contribution < 1.29 is 24.1 Å². The summed E-state index contributed by atoms with van der Waals surface area (Å²) in [4.78, 5) is 59.0. The van der Waals surface area contributed by atoms with Crippen molar-refractivity contribution in [1.82, 2.24) is 33.6 Å². The van der Waals surface area contributed by atoms with Crippen molar-refractivity contribution in [1.29, 1.82) is 0 Å². The fraction of sp³-hybridized carbons (Fsp3) is 0.426. The largest absolute Gasteiger partial charge is 0.503 e. The summed E-state index contributed by atoms with van der Waals surface area (Å²) in [5.41, 5.74) is 11.3. The molecule has 2 saturated heterocycles. The number of aromatic nitrogens is 7. The van der Waals surface area contributed by atoms with E-state index < -0.39 is 25.4 Å². The number of alkyl halides is 1. The molecular formula is C61H79Cl3N11O8P3. The zero-order chi connectivity index (χ0) is 63.5. The van der Waals surface area contributed by atoms with Gasteiger partial charge in [0, 0.05) is 89.1 Å². The monoisotopic (exact) mass is 1290 g/mol. The highest BCUT2D eigenvalue weighted by Crippen LogP contribution is 2.37. The Morgan fingerprint density at radius 1 is 0.616 bits per heavy atom. The van der Waals surface area contributed by atoms with Gasteiger partial charge in [-0.1, -0.05) is 63.0 Å². The van der Waals surface area contributed by atoms with Gasteiger partial charge in [-0.2, -0.15) is 0 Å². The number of hydrogen-bond acceptors (Lipinski definition) is 16. The molecule has 462 valence electrons. The molecule has 8 aromatic rings. The van der Waals surface area contributed by atoms with Gasteiger partial charge in [0.1, 0.15) is 13.5 Å². The van der Waals surface area contributed by atoms with Crippen LogP contribution in [0.15, 0.2) is 104 Å². The van der Waals surface area contributed by atoms with E-state index in [1.807, 2.05) is 36.4 Å². The number of piperidine rings is 2. The molecule has 3 aromatic carbocycles. The summed E-state index contributed by atoms with van der Waals surface area (Å²) in [6, 6.07) is 21.6. The number of fused-ring (bicyclic) bond motifs is 3. The quantitative estimate of drug-likeness (QED) is 0.0654. The lowest BCUT2D eigenvalue weighted by Gasteiger charge is -2.35. The van der Waals surface area contributed by atoms with Gasteiger partial charge in [-0.25, -0.2) is 19.9 Å². The summed E-state index contributed by atoms with van der Waals surface area (Å²) in [5, 5.41) is 22.7. The number of halogens is 3. The van der Waals surface area contributed by atoms with Crippen molar-refractivity contribution in [2.75, 3.05) is 87.4 Å². The number of rotatable bonds is 10. The predicted octanol–water partition coefficient (Wildman–Crippen LogP) is 12.3. The van der Waals surface area contributed by atoms with Gasteiger partial charge in [0.05, 0.1) is 63.1 Å². The van der Waals surface area contributed by atoms with Gasteiger partial charge in [0.2, 0.25) is 11.9 Å². The first-order chi connectivity index (χ1) is 40.4. The van der Waals surface area contributed by atoms with Crippen LogP contribution in [0.3, 0.4) is 0 Å². The summed E-state index contributed by atoms with van der Waals surface area (Å²) in [7, 11) is 5.15. The topological polar surface area (TPSA) is 246 Å². The number of aromatic hydroxyl groups is 2. The van der Waals surface area contributed by atoms with Crippen LogP contribution in [-0.2, 0) is 43.1 Å². The first kappa shape index (κ1) is 68.8. The molecule has 10 rings (SSSR count). The van der Waals surface area contributed by atoms with Gasteiger partial charge in [-0.3, -0.25) is 19.1 Å². The Balaban J connectivity index is 0.000000204. The van der Waals surface area contributed by atoms with Gasteiger partial charge in [-0.05, 0) is 144 Å². The van der Waals surface area contributed by atoms with Crippen LogP contribution >= 0.6 is 58.1 Å². The molecule has 0 unspecified atom stereocenters. The van der Waals surface area contributed by atoms with Crippen LogP contribution < -0.4 is 36.9 Å². The van der Waals surface area contributed by atoms with Crippen molar-refractivity contribution in [2.24, 2.45) is 49.6 Å². The lowest BCUT2D eigenvalue weighted by Crippen LogP contribution is -2.39. The highest BCUT2D eigenvalue weighted by molar-refractivity contribution is 7.63. The predicted molar refractivity (Wildman–Crippen MR) is 357 cm³/mol. The van der Waals surface area contributed by atoms with E-state index in [-0.39, 0.29) is 29.2 Å². The summed E-state index contributed by atoms with van der Waals surface area (Å²) in [6.45, 7) is 19.5. The molecule has 4 atom stereocenters. The molecule has 2 aliphatic rings. The smallest absolute Gasteiger partial charge is 0.293 e. The summed E-state index contributed by atoms with van der Waals surface area (Å²) in [5.74, 6) is 3.56. The Hall–Kier alpha value is -6.32. The molecule has 0 spiro atoms. The zero-order valence-electron chi connectivity index (χ0n) is 50.9. The molecule has 7 heterocycles. The second-order valence-electron chi connectivity index (χ2n) is 23.5. The molecule has 0 aliphatic carbocycles. The first-order valence-electron chi connectivity index (χ1n) is 28.0. The van der Waals surface area contributed by atoms with Crippen molar-refractivity contribution in [2.45, 2.75) is 53.4 Å². The van der Waals surface area contributed by atoms with Crippen LogP contribution in [-0.4, -0.2) is 116 Å². The van der Waals surface area contributed by atoms with Crippen LogP contribution in [0.5, 0.6) is 17.2 Å². The second kappa shape index (κ2) is 30.1. The Kier molecular flexibility index (Phi) is 24.0. The van der Waals surface area contributed by atoms with Gasteiger partial charge in [0.15, 0.2) is 17.2 Å². The molecule has 19 nitrogen and oxygen atoms in total. The highest BCUT2D eigenvalue weighted by Gasteiger charge is 2.26. The fourth-order valence-corrected chi connectivity index (χ4v) is 11.2. The van der Waals surface area contributed by atoms with Gasteiger partial charge in [0.25, 0.3) is 16.7 Å². The van der Waals surface area contributed by atoms with E-state index in [2.05, 4.69) is 61.2 Å². The van der Waals surface area contributed by atoms with E-state index in [9.17, 15) is 33.7 Å². The van der Waals surface area contributed by atoms with E-state index >= 15 is 0 Å². The third-order valence-electron chi connectivity index (χ3n) is 14.2. The number of pyridine rings is 3. The van der Waals surface area contributed by atoms with Gasteiger partial charge < -0.3 is 53.3 Å². The molecule has 2 fully saturated rings. The average Bonchev–Trinajstić information content (AvgIpc) is 1.82. The molecule has 86 heavy (non-hydrogen) atoms. The molecule has 2 aliphatic heterocycles. The Morgan fingerprint density at radius 3 is 1.36 bits per heavy atom. The fourth-order valence-electron chi connectivity index (χ4n) is 10.4. The maximum atomic E-state index is 12.7. The minimum absolute atomic E-state index is 0.0283. The lowest BCUT2D eigenvalue weighted by molar-refractivity contribution is 0.353. The summed E-state index contributed by atoms with van der Waals surface area (Å²) < 4.78 is 35.8. The maximum Gasteiger partial charge on any atom is 0.293 e. The number of ether oxygens (including phenoxy) is 1. The van der Waals surface area contributed by atoms with Crippen molar-refractivity contribution in [3.63, 3.8) is 0 Å². The standard InChI is InChI=1S/C25H32ClN4O3P.C22H25ClN4O2.C10H10N2O2.C3H8ClOP.CH4NP/c1-16-8-17(2)14-30(13-16)25-27-12-20(26)21(28-25)10-18-6-7-22-19(9-18)11-23(24(31)29(22)3)33-15-34(4,5)32;1-13-6-14(2)12-27(11-13)22-24-10-17(23)18(25-22)8-15-4-5-19-16(7-15)9-20(28)21(29)26(19)3;1-12-8-3-2-7(11)4-6(8)5-9(13)10(12)14;1-6(2,5)3-4;1-2-3/h6-7,9,11-12,16-17H,8,10,13-15H2,1-5H3;4-5,7,9-10,13-14,28H,6,8,11-12H2,1-3H3;2-5,13H,11H2,1H3;3H2,1-2H3;3H,1H3/t16-,17+;13-,14+;;;. The Bertz CT molecular complexity index is 4000. The van der Waals surface area contributed by atoms with E-state index in [1.54, 1.807) is 96.1 Å². The average molecular weight is 1290 g/mol. The van der Waals surface area contributed by atoms with Crippen LogP contribution in [0.1, 0.15) is 63.1 Å². The number of nitrogens with two attached hydrogens (primary N) is 1. The summed E-state index contributed by atoms with van der Waals surface area (Å²) >= 11 is 18.1. The molecule has 25 heteroatoms. The lowest BCUT2D eigenvalue weighted by atomic mass is 9.92. The Labute approximate surface area is 519 Å². The zero-order valence-corrected chi connectivity index (χ0v) is 55.9. The second-order valence-corrected chi connectivity index (χ2v) is 32.3. The van der Waals surface area contributed by atoms with Crippen molar-refractivity contribution >= 4 is 108 Å². The highest BCUT2D eigenvalue weighted by atomic mass is 35.5. The molecular weight excluding hydrogens is 1210 g/mol. The molecule has 0 saturated carbocycles. The minimum atomic E-state index is -2.42. The van der Waals surface area contributed by atoms with Crippen LogP contribution in [0, 0.1) is 23.7 Å². The summed E-state index contributed by atoms with van der Waals surface area (Å²) in [6.07, 6.45) is 6.93. The van der Waals surface area contributed by atoms with Crippen molar-refractivity contribution in [3.8, 4) is 17.2 Å². The van der Waals surface area contributed by atoms with Gasteiger partial charge in [-0.15, -0.1) is 11.6 Å². The molecule has 4 N–H and O–H groups in total. The maximum absolute atomic E-state index is 12.7. The number of nitrogens with zero attached hydrogens (tertiary/aromatic N) is 10. The normalized spacial score (nSPS) is 16.8. The molecule has 0 radical (unpaired) electrons. The van der Waals surface area contributed by atoms with Crippen LogP contribution in [0.4, 0.5) is 17.6 Å². The van der Waals surface area contributed by atoms with Crippen LogP contribution in [0.2, 0.25) is 10.0 Å². The molecule has 5 aromatic heterocycles. The minimum Gasteiger partial charge on any atom is -0.503 e. The van der Waals surface area contributed by atoms with E-state index in [1.165, 1.54) is 34.1 Å². The number of hydrogen-bond donors (Lipinski definition) is 3. The van der Waals surface area contributed by atoms with E-state index in [4.69, 9.17) is 55.2 Å². The molecule has 0 bridgehead atoms. The van der Waals surface area contributed by atoms with E-state index in [0.717, 1.165) is 93.3 Å². The number of anilines is 3. The number of benzene rings is 3. The first-order valence-corrected chi connectivity index (χ1v) is 35.3. The SMILES string of the molecule is CN=P.CP(C)(=O)CCl.C[C@@H]1C[C@H](C)CN(c2ncc(Cl)c(Cc3ccc4c(c3)cc(O)c(=O)n4C)n2)C1.C[C@@H]1C[C@H](C)CN(c2ncc(Cl)c(Cc3ccc4c(c3)cc(OCP(C)(C)=O)c(=O)n4C)n2)C1.Cn1c(=O)c(O)cc2cc(N)ccc21. The number of nitrogen functional groups attached to an aromatic ring is 1. The number of aryl methyl sites for hydroxylation is 3. The van der Waals surface area contributed by atoms with Crippen molar-refractivity contribution in [3.05, 3.63) is 149 Å².